The van der Waals surface area contributed by atoms with Crippen molar-refractivity contribution in [3.05, 3.63) is 68.4 Å². The van der Waals surface area contributed by atoms with Crippen molar-refractivity contribution in [3.63, 3.8) is 0 Å². The number of nitrogens with zero attached hydrogens (tertiary/aromatic N) is 4. The van der Waals surface area contributed by atoms with Gasteiger partial charge < -0.3 is 4.74 Å². The van der Waals surface area contributed by atoms with Gasteiger partial charge in [0.1, 0.15) is 10.4 Å². The molecule has 2 aromatic carbocycles. The normalized spacial score (nSPS) is 10.9. The van der Waals surface area contributed by atoms with E-state index >= 15 is 0 Å². The summed E-state index contributed by atoms with van der Waals surface area (Å²) >= 11 is 8.04. The summed E-state index contributed by atoms with van der Waals surface area (Å²) in [6.07, 6.45) is 0.937. The van der Waals surface area contributed by atoms with Crippen LogP contribution >= 0.6 is 35.3 Å². The first-order valence-corrected chi connectivity index (χ1v) is 11.7. The van der Waals surface area contributed by atoms with Gasteiger partial charge in [-0.25, -0.2) is 4.98 Å². The van der Waals surface area contributed by atoms with Crippen LogP contribution in [-0.2, 0) is 6.42 Å². The molecule has 4 rings (SSSR count). The maximum atomic E-state index is 13.6. The number of benzene rings is 2. The minimum Gasteiger partial charge on any atom is -0.495 e. The Morgan fingerprint density at radius 3 is 2.61 bits per heavy atom. The molecule has 6 nitrogen and oxygen atoms in total. The third-order valence-electron chi connectivity index (χ3n) is 4.77. The first kappa shape index (κ1) is 21.3. The van der Waals surface area contributed by atoms with Crippen molar-refractivity contribution in [1.29, 1.82) is 5.26 Å². The molecule has 0 fully saturated rings. The Morgan fingerprint density at radius 1 is 1.19 bits per heavy atom. The summed E-state index contributed by atoms with van der Waals surface area (Å²) in [7, 11) is 1.55. The molecule has 0 spiro atoms. The molecule has 4 aromatic rings. The molecular formula is C22H18N4O2S3. The summed E-state index contributed by atoms with van der Waals surface area (Å²) in [6, 6.07) is 17.4. The molecule has 2 heterocycles. The van der Waals surface area contributed by atoms with E-state index < -0.39 is 0 Å². The standard InChI is InChI=1S/C22H18N4O2S3/c1-3-14-8-10-15(11-9-14)25-19-18(31-22(25)29)20(27)26(21(24-19)30-13-12-23)16-6-4-5-7-17(16)28-2/h4-11H,3,13H2,1-2H3. The molecule has 9 heteroatoms. The first-order chi connectivity index (χ1) is 15.1. The lowest BCUT2D eigenvalue weighted by Gasteiger charge is -2.14. The predicted octanol–water partition coefficient (Wildman–Crippen LogP) is 5.15. The Hall–Kier alpha value is -2.93. The van der Waals surface area contributed by atoms with E-state index in [0.717, 1.165) is 12.1 Å². The highest BCUT2D eigenvalue weighted by atomic mass is 32.2. The van der Waals surface area contributed by atoms with Crippen LogP contribution in [0.15, 0.2) is 58.5 Å². The number of hydrogen-bond acceptors (Lipinski definition) is 7. The Balaban J connectivity index is 2.03. The van der Waals surface area contributed by atoms with Crippen LogP contribution in [0.5, 0.6) is 5.75 Å². The maximum Gasteiger partial charge on any atom is 0.278 e. The molecule has 2 aromatic heterocycles. The van der Waals surface area contributed by atoms with E-state index in [2.05, 4.69) is 13.0 Å². The lowest BCUT2D eigenvalue weighted by molar-refractivity contribution is 0.411. The van der Waals surface area contributed by atoms with Crippen molar-refractivity contribution in [3.8, 4) is 23.2 Å². The molecule has 0 atom stereocenters. The van der Waals surface area contributed by atoms with E-state index in [0.29, 0.717) is 30.9 Å². The topological polar surface area (TPSA) is 72.8 Å². The van der Waals surface area contributed by atoms with Gasteiger partial charge in [0.25, 0.3) is 5.56 Å². The number of aromatic nitrogens is 3. The fraction of sp³-hybridized carbons (Fsp3) is 0.182. The molecule has 31 heavy (non-hydrogen) atoms. The number of nitriles is 1. The number of para-hydroxylation sites is 2. The molecule has 0 amide bonds. The number of thiazole rings is 1. The third kappa shape index (κ3) is 3.90. The van der Waals surface area contributed by atoms with Crippen molar-refractivity contribution in [2.24, 2.45) is 0 Å². The summed E-state index contributed by atoms with van der Waals surface area (Å²) in [5.41, 5.74) is 2.90. The van der Waals surface area contributed by atoms with Crippen molar-refractivity contribution in [2.75, 3.05) is 12.9 Å². The first-order valence-electron chi connectivity index (χ1n) is 9.50. The zero-order valence-electron chi connectivity index (χ0n) is 16.9. The van der Waals surface area contributed by atoms with Crippen LogP contribution < -0.4 is 10.3 Å². The maximum absolute atomic E-state index is 13.6. The van der Waals surface area contributed by atoms with E-state index in [1.807, 2.05) is 41.0 Å². The number of ether oxygens (including phenoxy) is 1. The van der Waals surface area contributed by atoms with Gasteiger partial charge >= 0.3 is 0 Å². The third-order valence-corrected chi connectivity index (χ3v) is 6.93. The fourth-order valence-electron chi connectivity index (χ4n) is 3.26. The van der Waals surface area contributed by atoms with Gasteiger partial charge in [0.05, 0.1) is 24.6 Å². The Bertz CT molecular complexity index is 1410. The molecule has 156 valence electrons. The second-order valence-corrected chi connectivity index (χ2v) is 9.12. The van der Waals surface area contributed by atoms with Crippen LogP contribution in [0.1, 0.15) is 12.5 Å². The van der Waals surface area contributed by atoms with E-state index in [1.54, 1.807) is 19.2 Å². The van der Waals surface area contributed by atoms with Gasteiger partial charge in [0.2, 0.25) is 0 Å². The molecule has 0 N–H and O–H groups in total. The SMILES string of the molecule is CCc1ccc(-n2c(=S)sc3c(=O)n(-c4ccccc4OC)c(SCC#N)nc32)cc1. The fourth-order valence-corrected chi connectivity index (χ4v) is 5.23. The average molecular weight is 467 g/mol. The zero-order valence-corrected chi connectivity index (χ0v) is 19.3. The molecule has 0 aliphatic heterocycles. The Labute approximate surface area is 192 Å². The van der Waals surface area contributed by atoms with E-state index in [1.165, 1.54) is 33.2 Å². The molecule has 0 aliphatic rings. The van der Waals surface area contributed by atoms with Crippen molar-refractivity contribution in [1.82, 2.24) is 14.1 Å². The van der Waals surface area contributed by atoms with Crippen LogP contribution in [0.25, 0.3) is 21.7 Å². The number of aryl methyl sites for hydroxylation is 1. The second kappa shape index (κ2) is 9.06. The van der Waals surface area contributed by atoms with Crippen LogP contribution in [0.2, 0.25) is 0 Å². The number of hydrogen-bond donors (Lipinski definition) is 0. The quantitative estimate of drug-likeness (QED) is 0.222. The zero-order chi connectivity index (χ0) is 22.0. The number of rotatable bonds is 6. The molecular weight excluding hydrogens is 448 g/mol. The van der Waals surface area contributed by atoms with Gasteiger partial charge in [-0.15, -0.1) is 0 Å². The number of methoxy groups -OCH3 is 1. The molecule has 0 saturated heterocycles. The van der Waals surface area contributed by atoms with Gasteiger partial charge in [-0.2, -0.15) is 5.26 Å². The number of thioether (sulfide) groups is 1. The molecule has 0 bridgehead atoms. The molecule has 0 radical (unpaired) electrons. The summed E-state index contributed by atoms with van der Waals surface area (Å²) < 4.78 is 9.77. The van der Waals surface area contributed by atoms with Gasteiger partial charge in [-0.1, -0.05) is 54.3 Å². The predicted molar refractivity (Wildman–Crippen MR) is 128 cm³/mol. The summed E-state index contributed by atoms with van der Waals surface area (Å²) in [5, 5.41) is 9.54. The smallest absolute Gasteiger partial charge is 0.278 e. The Morgan fingerprint density at radius 2 is 1.94 bits per heavy atom. The molecule has 0 unspecified atom stereocenters. The summed E-state index contributed by atoms with van der Waals surface area (Å²) in [6.45, 7) is 2.10. The molecule has 0 saturated carbocycles. The highest BCUT2D eigenvalue weighted by Crippen LogP contribution is 2.30. The highest BCUT2D eigenvalue weighted by molar-refractivity contribution is 7.99. The Kier molecular flexibility index (Phi) is 6.23. The lowest BCUT2D eigenvalue weighted by atomic mass is 10.1. The van der Waals surface area contributed by atoms with Crippen LogP contribution in [0.4, 0.5) is 0 Å². The summed E-state index contributed by atoms with van der Waals surface area (Å²) in [5.74, 6) is 0.700. The monoisotopic (exact) mass is 466 g/mol. The van der Waals surface area contributed by atoms with E-state index in [9.17, 15) is 4.79 Å². The van der Waals surface area contributed by atoms with E-state index in [4.69, 9.17) is 27.2 Å². The van der Waals surface area contributed by atoms with Gasteiger partial charge in [-0.05, 0) is 48.5 Å². The lowest BCUT2D eigenvalue weighted by Crippen LogP contribution is -2.22. The summed E-state index contributed by atoms with van der Waals surface area (Å²) in [4.78, 5) is 18.4. The average Bonchev–Trinajstić information content (AvgIpc) is 3.14. The molecule has 0 aliphatic carbocycles. The van der Waals surface area contributed by atoms with Crippen molar-refractivity contribution in [2.45, 2.75) is 18.5 Å². The minimum atomic E-state index is -0.241. The minimum absolute atomic E-state index is 0.156. The van der Waals surface area contributed by atoms with Gasteiger partial charge in [0.15, 0.2) is 14.8 Å². The van der Waals surface area contributed by atoms with Gasteiger partial charge in [0, 0.05) is 5.69 Å². The van der Waals surface area contributed by atoms with Gasteiger partial charge in [-0.3, -0.25) is 13.9 Å². The van der Waals surface area contributed by atoms with Crippen molar-refractivity contribution < 1.29 is 4.74 Å². The number of fused-ring (bicyclic) bond motifs is 1. The second-order valence-electron chi connectivity index (χ2n) is 6.53. The van der Waals surface area contributed by atoms with Crippen LogP contribution in [0, 0.1) is 15.3 Å². The largest absolute Gasteiger partial charge is 0.495 e. The van der Waals surface area contributed by atoms with Crippen LogP contribution in [0.3, 0.4) is 0 Å². The highest BCUT2D eigenvalue weighted by Gasteiger charge is 2.20. The van der Waals surface area contributed by atoms with Crippen LogP contribution in [-0.4, -0.2) is 27.0 Å². The van der Waals surface area contributed by atoms with Crippen molar-refractivity contribution >= 4 is 45.7 Å². The van der Waals surface area contributed by atoms with E-state index in [-0.39, 0.29) is 11.3 Å².